The van der Waals surface area contributed by atoms with Crippen molar-refractivity contribution in [1.82, 2.24) is 5.32 Å². The molecule has 0 amide bonds. The van der Waals surface area contributed by atoms with Gasteiger partial charge in [0.2, 0.25) is 0 Å². The highest BCUT2D eigenvalue weighted by atomic mass is 16.5. The van der Waals surface area contributed by atoms with E-state index < -0.39 is 0 Å². The minimum Gasteiger partial charge on any atom is -0.488 e. The van der Waals surface area contributed by atoms with Crippen LogP contribution in [0, 0.1) is 6.92 Å². The number of aryl methyl sites for hydroxylation is 1. The van der Waals surface area contributed by atoms with Gasteiger partial charge in [-0.15, -0.1) is 0 Å². The number of aliphatic imine (C=N–C) groups is 1. The fraction of sp³-hybridized carbons (Fsp3) is 0.533. The standard InChI is InChI=1S/C15H23N3O2/c1-3-17-15(16)18-9-12-5-4-11(2)8-14(12)20-13-6-7-19-10-13/h4-5,8,13H,3,6-7,9-10H2,1-2H3,(H3,16,17,18). The molecule has 110 valence electrons. The summed E-state index contributed by atoms with van der Waals surface area (Å²) >= 11 is 0. The molecule has 0 saturated carbocycles. The molecule has 3 N–H and O–H groups in total. The lowest BCUT2D eigenvalue weighted by molar-refractivity contribution is 0.140. The predicted molar refractivity (Wildman–Crippen MR) is 80.0 cm³/mol. The minimum atomic E-state index is 0.144. The van der Waals surface area contributed by atoms with Crippen LogP contribution in [0.2, 0.25) is 0 Å². The molecule has 1 aliphatic heterocycles. The van der Waals surface area contributed by atoms with Crippen LogP contribution in [0.15, 0.2) is 23.2 Å². The van der Waals surface area contributed by atoms with Gasteiger partial charge in [-0.25, -0.2) is 4.99 Å². The maximum absolute atomic E-state index is 6.02. The van der Waals surface area contributed by atoms with Crippen molar-refractivity contribution in [3.8, 4) is 5.75 Å². The molecule has 0 bridgehead atoms. The highest BCUT2D eigenvalue weighted by Crippen LogP contribution is 2.24. The first-order valence-corrected chi connectivity index (χ1v) is 7.06. The molecule has 1 atom stereocenters. The SMILES string of the molecule is CCNC(N)=NCc1ccc(C)cc1OC1CCOC1. The van der Waals surface area contributed by atoms with Gasteiger partial charge in [-0.05, 0) is 25.5 Å². The Morgan fingerprint density at radius 2 is 2.40 bits per heavy atom. The molecule has 1 aromatic rings. The second kappa shape index (κ2) is 7.14. The summed E-state index contributed by atoms with van der Waals surface area (Å²) in [5.74, 6) is 1.34. The third kappa shape index (κ3) is 4.13. The molecule has 1 unspecified atom stereocenters. The molecular weight excluding hydrogens is 254 g/mol. The molecule has 0 spiro atoms. The second-order valence-electron chi connectivity index (χ2n) is 4.95. The Morgan fingerprint density at radius 1 is 1.55 bits per heavy atom. The number of hydrogen-bond acceptors (Lipinski definition) is 3. The average molecular weight is 277 g/mol. The van der Waals surface area contributed by atoms with Gasteiger partial charge >= 0.3 is 0 Å². The number of rotatable bonds is 5. The van der Waals surface area contributed by atoms with Crippen LogP contribution in [-0.2, 0) is 11.3 Å². The lowest BCUT2D eigenvalue weighted by Crippen LogP contribution is -2.31. The summed E-state index contributed by atoms with van der Waals surface area (Å²) in [5.41, 5.74) is 7.97. The Hall–Kier alpha value is -1.75. The Bertz CT molecular complexity index is 468. The summed E-state index contributed by atoms with van der Waals surface area (Å²) in [7, 11) is 0. The Kier molecular flexibility index (Phi) is 5.24. The smallest absolute Gasteiger partial charge is 0.188 e. The van der Waals surface area contributed by atoms with Crippen molar-refractivity contribution in [3.63, 3.8) is 0 Å². The van der Waals surface area contributed by atoms with Gasteiger partial charge < -0.3 is 20.5 Å². The zero-order valence-corrected chi connectivity index (χ0v) is 12.2. The monoisotopic (exact) mass is 277 g/mol. The molecule has 1 heterocycles. The van der Waals surface area contributed by atoms with Crippen LogP contribution >= 0.6 is 0 Å². The van der Waals surface area contributed by atoms with Gasteiger partial charge in [0.1, 0.15) is 11.9 Å². The van der Waals surface area contributed by atoms with Crippen molar-refractivity contribution in [2.45, 2.75) is 32.9 Å². The van der Waals surface area contributed by atoms with Gasteiger partial charge in [0.25, 0.3) is 0 Å². The van der Waals surface area contributed by atoms with E-state index >= 15 is 0 Å². The Labute approximate surface area is 120 Å². The van der Waals surface area contributed by atoms with E-state index in [0.29, 0.717) is 19.1 Å². The topological polar surface area (TPSA) is 68.9 Å². The fourth-order valence-electron chi connectivity index (χ4n) is 2.09. The van der Waals surface area contributed by atoms with E-state index in [0.717, 1.165) is 30.9 Å². The number of ether oxygens (including phenoxy) is 2. The van der Waals surface area contributed by atoms with Crippen molar-refractivity contribution in [2.24, 2.45) is 10.7 Å². The van der Waals surface area contributed by atoms with Crippen LogP contribution in [0.4, 0.5) is 0 Å². The van der Waals surface area contributed by atoms with Crippen LogP contribution in [0.5, 0.6) is 5.75 Å². The van der Waals surface area contributed by atoms with E-state index in [-0.39, 0.29) is 6.10 Å². The third-order valence-corrected chi connectivity index (χ3v) is 3.18. The molecule has 1 saturated heterocycles. The summed E-state index contributed by atoms with van der Waals surface area (Å²) in [6.45, 7) is 6.77. The number of benzene rings is 1. The quantitative estimate of drug-likeness (QED) is 0.633. The fourth-order valence-corrected chi connectivity index (χ4v) is 2.09. The molecule has 1 aromatic carbocycles. The van der Waals surface area contributed by atoms with E-state index in [9.17, 15) is 0 Å². The first kappa shape index (κ1) is 14.7. The third-order valence-electron chi connectivity index (χ3n) is 3.18. The zero-order valence-electron chi connectivity index (χ0n) is 12.2. The number of guanidine groups is 1. The van der Waals surface area contributed by atoms with Crippen LogP contribution in [-0.4, -0.2) is 31.8 Å². The molecule has 0 aromatic heterocycles. The van der Waals surface area contributed by atoms with Crippen LogP contribution < -0.4 is 15.8 Å². The van der Waals surface area contributed by atoms with Gasteiger partial charge in [-0.3, -0.25) is 0 Å². The summed E-state index contributed by atoms with van der Waals surface area (Å²) in [5, 5.41) is 2.99. The van der Waals surface area contributed by atoms with Gasteiger partial charge in [0.15, 0.2) is 5.96 Å². The van der Waals surface area contributed by atoms with Crippen molar-refractivity contribution >= 4 is 5.96 Å². The number of hydrogen-bond donors (Lipinski definition) is 2. The van der Waals surface area contributed by atoms with E-state index in [1.807, 2.05) is 19.1 Å². The molecule has 5 nitrogen and oxygen atoms in total. The molecule has 2 rings (SSSR count). The summed E-state index contributed by atoms with van der Waals surface area (Å²) in [6.07, 6.45) is 1.08. The maximum Gasteiger partial charge on any atom is 0.188 e. The molecular formula is C15H23N3O2. The van der Waals surface area contributed by atoms with Crippen molar-refractivity contribution in [3.05, 3.63) is 29.3 Å². The number of nitrogens with one attached hydrogen (secondary N) is 1. The van der Waals surface area contributed by atoms with Crippen LogP contribution in [0.1, 0.15) is 24.5 Å². The molecule has 20 heavy (non-hydrogen) atoms. The summed E-state index contributed by atoms with van der Waals surface area (Å²) in [4.78, 5) is 4.32. The van der Waals surface area contributed by atoms with Crippen molar-refractivity contribution < 1.29 is 9.47 Å². The van der Waals surface area contributed by atoms with Gasteiger partial charge in [-0.1, -0.05) is 12.1 Å². The summed E-state index contributed by atoms with van der Waals surface area (Å²) in [6, 6.07) is 6.15. The van der Waals surface area contributed by atoms with E-state index in [4.69, 9.17) is 15.2 Å². The molecule has 5 heteroatoms. The first-order valence-electron chi connectivity index (χ1n) is 7.06. The Balaban J connectivity index is 2.08. The predicted octanol–water partition coefficient (Wildman–Crippen LogP) is 1.59. The maximum atomic E-state index is 6.02. The van der Waals surface area contributed by atoms with Crippen LogP contribution in [0.25, 0.3) is 0 Å². The van der Waals surface area contributed by atoms with E-state index in [1.165, 1.54) is 5.56 Å². The highest BCUT2D eigenvalue weighted by Gasteiger charge is 2.18. The molecule has 1 fully saturated rings. The Morgan fingerprint density at radius 3 is 3.10 bits per heavy atom. The van der Waals surface area contributed by atoms with Gasteiger partial charge in [0.05, 0.1) is 19.8 Å². The lowest BCUT2D eigenvalue weighted by atomic mass is 10.1. The lowest BCUT2D eigenvalue weighted by Gasteiger charge is -2.15. The van der Waals surface area contributed by atoms with Crippen LogP contribution in [0.3, 0.4) is 0 Å². The first-order chi connectivity index (χ1) is 9.69. The van der Waals surface area contributed by atoms with E-state index in [1.54, 1.807) is 0 Å². The second-order valence-corrected chi connectivity index (χ2v) is 4.95. The normalized spacial score (nSPS) is 19.1. The zero-order chi connectivity index (χ0) is 14.4. The minimum absolute atomic E-state index is 0.144. The summed E-state index contributed by atoms with van der Waals surface area (Å²) < 4.78 is 11.4. The van der Waals surface area contributed by atoms with Gasteiger partial charge in [0, 0.05) is 18.5 Å². The van der Waals surface area contributed by atoms with E-state index in [2.05, 4.69) is 23.3 Å². The number of nitrogens with zero attached hydrogens (tertiary/aromatic N) is 1. The highest BCUT2D eigenvalue weighted by molar-refractivity contribution is 5.77. The molecule has 0 aliphatic carbocycles. The molecule has 1 aliphatic rings. The van der Waals surface area contributed by atoms with Gasteiger partial charge in [-0.2, -0.15) is 0 Å². The number of nitrogens with two attached hydrogens (primary N) is 1. The largest absolute Gasteiger partial charge is 0.488 e. The van der Waals surface area contributed by atoms with Crippen molar-refractivity contribution in [1.29, 1.82) is 0 Å². The molecule has 0 radical (unpaired) electrons. The average Bonchev–Trinajstić information content (AvgIpc) is 2.91. The van der Waals surface area contributed by atoms with Crippen molar-refractivity contribution in [2.75, 3.05) is 19.8 Å².